The molecule has 2 rings (SSSR count). The van der Waals surface area contributed by atoms with Gasteiger partial charge in [-0.15, -0.1) is 0 Å². The number of hydrogen-bond acceptors (Lipinski definition) is 4. The van der Waals surface area contributed by atoms with Gasteiger partial charge in [-0.3, -0.25) is 0 Å². The summed E-state index contributed by atoms with van der Waals surface area (Å²) < 4.78 is 5.05. The average Bonchev–Trinajstić information content (AvgIpc) is 2.77. The summed E-state index contributed by atoms with van der Waals surface area (Å²) in [7, 11) is 0. The van der Waals surface area contributed by atoms with Crippen LogP contribution in [0.4, 0.5) is 0 Å². The van der Waals surface area contributed by atoms with Gasteiger partial charge in [-0.1, -0.05) is 19.0 Å². The van der Waals surface area contributed by atoms with Crippen molar-refractivity contribution in [1.82, 2.24) is 15.5 Å². The van der Waals surface area contributed by atoms with Crippen LogP contribution in [0.5, 0.6) is 0 Å². The highest BCUT2D eigenvalue weighted by molar-refractivity contribution is 4.96. The van der Waals surface area contributed by atoms with Gasteiger partial charge in [0, 0.05) is 6.54 Å². The second-order valence-corrected chi connectivity index (χ2v) is 2.87. The lowest BCUT2D eigenvalue weighted by molar-refractivity contribution is 0.356. The van der Waals surface area contributed by atoms with E-state index in [1.807, 2.05) is 20.8 Å². The minimum absolute atomic E-state index is 0.441. The first-order valence-corrected chi connectivity index (χ1v) is 4.87. The molecule has 74 valence electrons. The van der Waals surface area contributed by atoms with Crippen molar-refractivity contribution in [3.8, 4) is 0 Å². The zero-order chi connectivity index (χ0) is 9.68. The van der Waals surface area contributed by atoms with Crippen LogP contribution in [0.3, 0.4) is 0 Å². The molecule has 1 aromatic heterocycles. The van der Waals surface area contributed by atoms with Gasteiger partial charge in [0.2, 0.25) is 5.89 Å². The lowest BCUT2D eigenvalue weighted by Crippen LogP contribution is -2.08. The van der Waals surface area contributed by atoms with Gasteiger partial charge in [0.25, 0.3) is 0 Å². The fourth-order valence-electron chi connectivity index (χ4n) is 1.34. The summed E-state index contributed by atoms with van der Waals surface area (Å²) in [5.74, 6) is 1.95. The van der Waals surface area contributed by atoms with Crippen molar-refractivity contribution in [3.05, 3.63) is 11.7 Å². The minimum atomic E-state index is 0.441. The van der Waals surface area contributed by atoms with E-state index in [9.17, 15) is 0 Å². The van der Waals surface area contributed by atoms with Crippen molar-refractivity contribution >= 4 is 0 Å². The van der Waals surface area contributed by atoms with E-state index in [1.54, 1.807) is 0 Å². The van der Waals surface area contributed by atoms with Crippen LogP contribution in [0.25, 0.3) is 0 Å². The maximum atomic E-state index is 5.05. The summed E-state index contributed by atoms with van der Waals surface area (Å²) in [6.07, 6.45) is 1.11. The molecule has 1 aromatic rings. The Bertz CT molecular complexity index is 241. The van der Waals surface area contributed by atoms with Crippen LogP contribution in [0.15, 0.2) is 4.52 Å². The molecule has 0 bridgehead atoms. The third-order valence-electron chi connectivity index (χ3n) is 1.95. The van der Waals surface area contributed by atoms with Crippen LogP contribution in [-0.2, 0) is 0 Å². The first-order chi connectivity index (χ1) is 6.36. The van der Waals surface area contributed by atoms with Gasteiger partial charge < -0.3 is 9.84 Å². The van der Waals surface area contributed by atoms with Gasteiger partial charge in [-0.25, -0.2) is 0 Å². The zero-order valence-corrected chi connectivity index (χ0v) is 8.50. The van der Waals surface area contributed by atoms with Crippen LogP contribution in [0, 0.1) is 6.92 Å². The van der Waals surface area contributed by atoms with E-state index in [-0.39, 0.29) is 0 Å². The number of aromatic nitrogens is 2. The number of aryl methyl sites for hydroxylation is 1. The van der Waals surface area contributed by atoms with Gasteiger partial charge in [0.05, 0.1) is 5.92 Å². The molecule has 0 aromatic carbocycles. The molecule has 0 amide bonds. The third kappa shape index (κ3) is 2.52. The Morgan fingerprint density at radius 1 is 1.46 bits per heavy atom. The van der Waals surface area contributed by atoms with E-state index in [2.05, 4.69) is 15.5 Å². The number of rotatable bonds is 1. The smallest absolute Gasteiger partial charge is 0.231 e. The highest BCUT2D eigenvalue weighted by Gasteiger charge is 2.21. The first-order valence-electron chi connectivity index (χ1n) is 4.87. The molecular formula is C9H17N3O. The van der Waals surface area contributed by atoms with E-state index < -0.39 is 0 Å². The van der Waals surface area contributed by atoms with Gasteiger partial charge in [0.1, 0.15) is 0 Å². The van der Waals surface area contributed by atoms with Gasteiger partial charge in [0.15, 0.2) is 5.82 Å². The lowest BCUT2D eigenvalue weighted by atomic mass is 10.1. The summed E-state index contributed by atoms with van der Waals surface area (Å²) in [5.41, 5.74) is 0. The Hall–Kier alpha value is -0.900. The van der Waals surface area contributed by atoms with Crippen molar-refractivity contribution in [3.63, 3.8) is 0 Å². The van der Waals surface area contributed by atoms with E-state index in [4.69, 9.17) is 4.52 Å². The predicted octanol–water partition coefficient (Wildman–Crippen LogP) is 1.48. The molecule has 1 saturated heterocycles. The maximum Gasteiger partial charge on any atom is 0.231 e. The summed E-state index contributed by atoms with van der Waals surface area (Å²) in [5, 5.41) is 7.00. The van der Waals surface area contributed by atoms with Crippen molar-refractivity contribution in [2.75, 3.05) is 13.1 Å². The fraction of sp³-hybridized carbons (Fsp3) is 0.778. The predicted molar refractivity (Wildman–Crippen MR) is 50.6 cm³/mol. The lowest BCUT2D eigenvalue weighted by Gasteiger charge is -1.97. The van der Waals surface area contributed by atoms with Crippen LogP contribution < -0.4 is 5.32 Å². The Morgan fingerprint density at radius 3 is 2.69 bits per heavy atom. The fourth-order valence-corrected chi connectivity index (χ4v) is 1.34. The Labute approximate surface area is 78.7 Å². The summed E-state index contributed by atoms with van der Waals surface area (Å²) >= 11 is 0. The maximum absolute atomic E-state index is 5.05. The monoisotopic (exact) mass is 183 g/mol. The van der Waals surface area contributed by atoms with Gasteiger partial charge in [-0.2, -0.15) is 4.98 Å². The van der Waals surface area contributed by atoms with Crippen molar-refractivity contribution in [2.45, 2.75) is 33.1 Å². The van der Waals surface area contributed by atoms with Crippen LogP contribution in [0.2, 0.25) is 0 Å². The van der Waals surface area contributed by atoms with E-state index in [0.717, 1.165) is 31.2 Å². The molecule has 2 heterocycles. The molecule has 1 N–H and O–H groups in total. The molecule has 0 radical (unpaired) electrons. The molecule has 0 aliphatic carbocycles. The highest BCUT2D eigenvalue weighted by atomic mass is 16.5. The second kappa shape index (κ2) is 4.97. The van der Waals surface area contributed by atoms with E-state index >= 15 is 0 Å². The van der Waals surface area contributed by atoms with E-state index in [0.29, 0.717) is 5.92 Å². The standard InChI is InChI=1S/C7H11N3O.C2H6/c1-5-9-7(11-10-5)6-2-3-8-4-6;1-2/h6,8H,2-4H2,1H3;1-2H3. The molecular weight excluding hydrogens is 166 g/mol. The van der Waals surface area contributed by atoms with Gasteiger partial charge >= 0.3 is 0 Å². The Morgan fingerprint density at radius 2 is 2.23 bits per heavy atom. The Balaban J connectivity index is 0.000000396. The van der Waals surface area contributed by atoms with Crippen LogP contribution in [-0.4, -0.2) is 23.2 Å². The molecule has 0 saturated carbocycles. The minimum Gasteiger partial charge on any atom is -0.339 e. The van der Waals surface area contributed by atoms with Crippen LogP contribution in [0.1, 0.15) is 37.9 Å². The number of hydrogen-bond donors (Lipinski definition) is 1. The first kappa shape index (κ1) is 10.2. The summed E-state index contributed by atoms with van der Waals surface area (Å²) in [6.45, 7) is 7.88. The van der Waals surface area contributed by atoms with Crippen molar-refractivity contribution in [1.29, 1.82) is 0 Å². The summed E-state index contributed by atoms with van der Waals surface area (Å²) in [4.78, 5) is 4.17. The molecule has 1 aliphatic heterocycles. The quantitative estimate of drug-likeness (QED) is 0.716. The zero-order valence-electron chi connectivity index (χ0n) is 8.50. The number of nitrogens with zero attached hydrogens (tertiary/aromatic N) is 2. The second-order valence-electron chi connectivity index (χ2n) is 2.87. The van der Waals surface area contributed by atoms with Gasteiger partial charge in [-0.05, 0) is 19.9 Å². The SMILES string of the molecule is CC.Cc1noc(C2CCNC2)n1. The summed E-state index contributed by atoms with van der Waals surface area (Å²) in [6, 6.07) is 0. The van der Waals surface area contributed by atoms with Crippen molar-refractivity contribution in [2.24, 2.45) is 0 Å². The van der Waals surface area contributed by atoms with Crippen molar-refractivity contribution < 1.29 is 4.52 Å². The molecule has 1 atom stereocenters. The molecule has 1 fully saturated rings. The molecule has 0 spiro atoms. The molecule has 13 heavy (non-hydrogen) atoms. The molecule has 4 heteroatoms. The molecule has 4 nitrogen and oxygen atoms in total. The Kier molecular flexibility index (Phi) is 3.89. The number of nitrogens with one attached hydrogen (secondary N) is 1. The third-order valence-corrected chi connectivity index (χ3v) is 1.95. The topological polar surface area (TPSA) is 51.0 Å². The van der Waals surface area contributed by atoms with E-state index in [1.165, 1.54) is 0 Å². The largest absolute Gasteiger partial charge is 0.339 e. The molecule has 1 unspecified atom stereocenters. The average molecular weight is 183 g/mol. The molecule has 1 aliphatic rings. The normalized spacial score (nSPS) is 21.0. The van der Waals surface area contributed by atoms with Crippen LogP contribution >= 0.6 is 0 Å². The highest BCUT2D eigenvalue weighted by Crippen LogP contribution is 2.19.